The van der Waals surface area contributed by atoms with E-state index < -0.39 is 0 Å². The Morgan fingerprint density at radius 3 is 2.84 bits per heavy atom. The Morgan fingerprint density at radius 2 is 2.24 bits per heavy atom. The summed E-state index contributed by atoms with van der Waals surface area (Å²) in [6.45, 7) is 5.38. The van der Waals surface area contributed by atoms with E-state index in [0.29, 0.717) is 27.5 Å². The molecule has 0 bridgehead atoms. The fourth-order valence-electron chi connectivity index (χ4n) is 2.17. The van der Waals surface area contributed by atoms with Crippen molar-refractivity contribution in [3.05, 3.63) is 11.8 Å². The van der Waals surface area contributed by atoms with Crippen molar-refractivity contribution in [3.63, 3.8) is 0 Å². The number of nitrogens with zero attached hydrogens (tertiary/aromatic N) is 4. The molecule has 2 amide bonds. The molecule has 1 N–H and O–H groups in total. The van der Waals surface area contributed by atoms with Gasteiger partial charge in [-0.25, -0.2) is 0 Å². The van der Waals surface area contributed by atoms with Crippen LogP contribution in [0.2, 0.25) is 0 Å². The minimum atomic E-state index is -0.381. The van der Waals surface area contributed by atoms with Crippen molar-refractivity contribution >= 4 is 45.9 Å². The average molecular weight is 381 g/mol. The number of thioether (sulfide) groups is 1. The van der Waals surface area contributed by atoms with Crippen molar-refractivity contribution in [2.45, 2.75) is 55.7 Å². The highest BCUT2D eigenvalue weighted by Gasteiger charge is 2.35. The molecule has 0 aromatic carbocycles. The van der Waals surface area contributed by atoms with Crippen LogP contribution in [0.4, 0.5) is 10.9 Å². The van der Waals surface area contributed by atoms with E-state index in [-0.39, 0.29) is 23.1 Å². The molecule has 3 rings (SSSR count). The predicted octanol–water partition coefficient (Wildman–Crippen LogP) is 2.86. The Morgan fingerprint density at radius 1 is 1.48 bits per heavy atom. The highest BCUT2D eigenvalue weighted by atomic mass is 32.2. The van der Waals surface area contributed by atoms with Crippen molar-refractivity contribution in [1.82, 2.24) is 15.4 Å². The zero-order valence-electron chi connectivity index (χ0n) is 14.2. The van der Waals surface area contributed by atoms with Gasteiger partial charge in [0.2, 0.25) is 16.9 Å². The second-order valence-corrected chi connectivity index (χ2v) is 8.32. The lowest BCUT2D eigenvalue weighted by Gasteiger charge is -2.17. The number of aromatic nitrogens is 3. The monoisotopic (exact) mass is 381 g/mol. The Balaban J connectivity index is 1.62. The first kappa shape index (κ1) is 17.9. The van der Waals surface area contributed by atoms with Gasteiger partial charge in [0, 0.05) is 18.5 Å². The molecule has 1 aliphatic rings. The summed E-state index contributed by atoms with van der Waals surface area (Å²) in [6, 6.07) is 1.90. The van der Waals surface area contributed by atoms with Crippen LogP contribution in [0, 0.1) is 6.92 Å². The maximum Gasteiger partial charge on any atom is 0.238 e. The van der Waals surface area contributed by atoms with Crippen LogP contribution in [-0.4, -0.2) is 38.5 Å². The molecule has 1 saturated carbocycles. The molecule has 0 saturated heterocycles. The highest BCUT2D eigenvalue weighted by Crippen LogP contribution is 2.37. The van der Waals surface area contributed by atoms with E-state index in [1.165, 1.54) is 23.1 Å². The average Bonchev–Trinajstić information content (AvgIpc) is 3.17. The number of rotatable bonds is 7. The van der Waals surface area contributed by atoms with Crippen LogP contribution in [-0.2, 0) is 9.59 Å². The largest absolute Gasteiger partial charge is 0.360 e. The lowest BCUT2D eigenvalue weighted by molar-refractivity contribution is -0.118. The van der Waals surface area contributed by atoms with Gasteiger partial charge in [0.15, 0.2) is 10.2 Å². The normalized spacial score (nSPS) is 15.0. The third-order valence-electron chi connectivity index (χ3n) is 3.61. The maximum absolute atomic E-state index is 12.2. The zero-order valence-corrected chi connectivity index (χ0v) is 15.8. The van der Waals surface area contributed by atoms with Crippen LogP contribution in [0.1, 0.15) is 38.9 Å². The van der Waals surface area contributed by atoms with E-state index in [9.17, 15) is 9.59 Å². The van der Waals surface area contributed by atoms with Crippen LogP contribution in [0.15, 0.2) is 14.9 Å². The number of hydrogen-bond donors (Lipinski definition) is 1. The zero-order chi connectivity index (χ0) is 18.0. The fourth-order valence-corrected chi connectivity index (χ4v) is 4.25. The molecule has 1 fully saturated rings. The summed E-state index contributed by atoms with van der Waals surface area (Å²) in [6.07, 6.45) is 2.45. The van der Waals surface area contributed by atoms with Gasteiger partial charge in [0.1, 0.15) is 5.76 Å². The Hall–Kier alpha value is -1.94. The molecule has 10 heteroatoms. The van der Waals surface area contributed by atoms with Gasteiger partial charge in [0.05, 0.1) is 5.25 Å². The first-order valence-electron chi connectivity index (χ1n) is 8.04. The second-order valence-electron chi connectivity index (χ2n) is 5.77. The van der Waals surface area contributed by atoms with Crippen LogP contribution in [0.5, 0.6) is 0 Å². The van der Waals surface area contributed by atoms with Gasteiger partial charge in [0.25, 0.3) is 0 Å². The lowest BCUT2D eigenvalue weighted by atomic mass is 10.4. The Kier molecular flexibility index (Phi) is 5.38. The van der Waals surface area contributed by atoms with Crippen molar-refractivity contribution < 1.29 is 14.1 Å². The van der Waals surface area contributed by atoms with Crippen molar-refractivity contribution in [2.75, 3.05) is 10.2 Å². The third kappa shape index (κ3) is 4.37. The summed E-state index contributed by atoms with van der Waals surface area (Å²) in [7, 11) is 0. The standard InChI is InChI=1S/C15H19N5O3S2/c1-4-12(21)20(10-5-6-10)14-17-18-15(25-14)24-9(3)13(22)16-11-7-8(2)23-19-11/h7,9-10H,4-6H2,1-3H3,(H,16,19,22)/t9-/m1/s1. The van der Waals surface area contributed by atoms with Crippen LogP contribution in [0.25, 0.3) is 0 Å². The van der Waals surface area contributed by atoms with Crippen LogP contribution >= 0.6 is 23.1 Å². The van der Waals surface area contributed by atoms with Gasteiger partial charge in [-0.15, -0.1) is 10.2 Å². The number of aryl methyl sites for hydroxylation is 1. The molecule has 2 aromatic heterocycles. The summed E-state index contributed by atoms with van der Waals surface area (Å²) in [5.41, 5.74) is 0. The molecule has 134 valence electrons. The highest BCUT2D eigenvalue weighted by molar-refractivity contribution is 8.02. The van der Waals surface area contributed by atoms with Gasteiger partial charge in [-0.2, -0.15) is 0 Å². The summed E-state index contributed by atoms with van der Waals surface area (Å²) >= 11 is 2.64. The van der Waals surface area contributed by atoms with Gasteiger partial charge >= 0.3 is 0 Å². The number of hydrogen-bond acceptors (Lipinski definition) is 8. The second kappa shape index (κ2) is 7.52. The molecule has 0 unspecified atom stereocenters. The topological polar surface area (TPSA) is 101 Å². The molecule has 0 radical (unpaired) electrons. The van der Waals surface area contributed by atoms with Gasteiger partial charge < -0.3 is 9.84 Å². The number of amides is 2. The smallest absolute Gasteiger partial charge is 0.238 e. The number of carbonyl (C=O) groups excluding carboxylic acids is 2. The number of nitrogens with one attached hydrogen (secondary N) is 1. The van der Waals surface area contributed by atoms with E-state index in [1.807, 2.05) is 6.92 Å². The molecule has 2 heterocycles. The molecule has 2 aromatic rings. The quantitative estimate of drug-likeness (QED) is 0.581. The number of carbonyl (C=O) groups is 2. The summed E-state index contributed by atoms with van der Waals surface area (Å²) in [4.78, 5) is 26.1. The third-order valence-corrected chi connectivity index (χ3v) is 5.72. The van der Waals surface area contributed by atoms with Gasteiger partial charge in [-0.05, 0) is 26.7 Å². The molecule has 1 aliphatic carbocycles. The van der Waals surface area contributed by atoms with Gasteiger partial charge in [-0.3, -0.25) is 14.5 Å². The SMILES string of the molecule is CCC(=O)N(c1nnc(S[C@H](C)C(=O)Nc2cc(C)on2)s1)C1CC1. The maximum atomic E-state index is 12.2. The van der Waals surface area contributed by atoms with Gasteiger partial charge in [-0.1, -0.05) is 35.2 Å². The predicted molar refractivity (Wildman–Crippen MR) is 95.9 cm³/mol. The van der Waals surface area contributed by atoms with E-state index in [0.717, 1.165) is 12.8 Å². The molecule has 0 aliphatic heterocycles. The first-order chi connectivity index (χ1) is 12.0. The lowest BCUT2D eigenvalue weighted by Crippen LogP contribution is -2.32. The molecular formula is C15H19N5O3S2. The Labute approximate surface area is 153 Å². The van der Waals surface area contributed by atoms with E-state index in [4.69, 9.17) is 4.52 Å². The Bertz CT molecular complexity index is 771. The molecular weight excluding hydrogens is 362 g/mol. The number of anilines is 2. The molecule has 8 nitrogen and oxygen atoms in total. The molecule has 0 spiro atoms. The molecule has 25 heavy (non-hydrogen) atoms. The summed E-state index contributed by atoms with van der Waals surface area (Å²) < 4.78 is 5.58. The van der Waals surface area contributed by atoms with Crippen molar-refractivity contribution in [1.29, 1.82) is 0 Å². The fraction of sp³-hybridized carbons (Fsp3) is 0.533. The van der Waals surface area contributed by atoms with Crippen LogP contribution < -0.4 is 10.2 Å². The minimum absolute atomic E-state index is 0.0578. The van der Waals surface area contributed by atoms with E-state index >= 15 is 0 Å². The van der Waals surface area contributed by atoms with E-state index in [1.54, 1.807) is 24.8 Å². The molecule has 1 atom stereocenters. The first-order valence-corrected chi connectivity index (χ1v) is 9.74. The van der Waals surface area contributed by atoms with Crippen molar-refractivity contribution in [3.8, 4) is 0 Å². The summed E-state index contributed by atoms with van der Waals surface area (Å²) in [5.74, 6) is 0.882. The summed E-state index contributed by atoms with van der Waals surface area (Å²) in [5, 5.41) is 14.9. The van der Waals surface area contributed by atoms with Crippen molar-refractivity contribution in [2.24, 2.45) is 0 Å². The van der Waals surface area contributed by atoms with E-state index in [2.05, 4.69) is 20.7 Å². The minimum Gasteiger partial charge on any atom is -0.360 e. The van der Waals surface area contributed by atoms with Crippen LogP contribution in [0.3, 0.4) is 0 Å².